The van der Waals surface area contributed by atoms with Gasteiger partial charge in [-0.15, -0.1) is 0 Å². The number of hydrogen-bond acceptors (Lipinski definition) is 0. The molecule has 0 aromatic heterocycles. The quantitative estimate of drug-likeness (QED) is 0.541. The summed E-state index contributed by atoms with van der Waals surface area (Å²) in [6.07, 6.45) is 8.11. The number of rotatable bonds is 4. The van der Waals surface area contributed by atoms with Crippen LogP contribution < -0.4 is 0 Å². The third-order valence-electron chi connectivity index (χ3n) is 3.31. The lowest BCUT2D eigenvalue weighted by Crippen LogP contribution is -1.97. The maximum absolute atomic E-state index is 3.80. The summed E-state index contributed by atoms with van der Waals surface area (Å²) in [6.45, 7) is 18.7. The van der Waals surface area contributed by atoms with Crippen molar-refractivity contribution in [3.8, 4) is 0 Å². The molecule has 0 saturated heterocycles. The standard InChI is InChI=1S/C18H24.C2H6/c1-7-9-16(10-8-2)17-11-14(5)15(6)18(12-17)13(3)4;1-2/h7-13H,1H2,2-6H3;1-2H3/b10-8-,16-9+;. The van der Waals surface area contributed by atoms with Crippen LogP contribution in [-0.4, -0.2) is 0 Å². The highest BCUT2D eigenvalue weighted by molar-refractivity contribution is 5.76. The number of benzene rings is 1. The molecule has 0 spiro atoms. The van der Waals surface area contributed by atoms with Crippen molar-refractivity contribution in [2.24, 2.45) is 0 Å². The largest absolute Gasteiger partial charge is 0.0990 e. The van der Waals surface area contributed by atoms with Gasteiger partial charge in [-0.1, -0.05) is 70.7 Å². The molecule has 20 heavy (non-hydrogen) atoms. The van der Waals surface area contributed by atoms with Gasteiger partial charge in [-0.2, -0.15) is 0 Å². The third kappa shape index (κ3) is 4.85. The first-order valence-corrected chi connectivity index (χ1v) is 7.58. The molecular weight excluding hydrogens is 240 g/mol. The van der Waals surface area contributed by atoms with Gasteiger partial charge in [-0.05, 0) is 54.5 Å². The molecule has 1 aromatic rings. The molecule has 110 valence electrons. The summed E-state index contributed by atoms with van der Waals surface area (Å²) in [4.78, 5) is 0. The summed E-state index contributed by atoms with van der Waals surface area (Å²) in [6, 6.07) is 4.57. The maximum Gasteiger partial charge on any atom is -0.0178 e. The summed E-state index contributed by atoms with van der Waals surface area (Å²) >= 11 is 0. The van der Waals surface area contributed by atoms with Crippen LogP contribution in [0.25, 0.3) is 5.57 Å². The van der Waals surface area contributed by atoms with Gasteiger partial charge in [0, 0.05) is 0 Å². The minimum absolute atomic E-state index is 0.555. The van der Waals surface area contributed by atoms with E-state index in [1.165, 1.54) is 27.8 Å². The summed E-state index contributed by atoms with van der Waals surface area (Å²) in [5.41, 5.74) is 6.70. The first-order chi connectivity index (χ1) is 9.51. The Hall–Kier alpha value is -1.56. The molecule has 0 unspecified atom stereocenters. The van der Waals surface area contributed by atoms with Crippen molar-refractivity contribution in [2.45, 2.75) is 54.4 Å². The third-order valence-corrected chi connectivity index (χ3v) is 3.31. The van der Waals surface area contributed by atoms with E-state index in [9.17, 15) is 0 Å². The molecule has 0 aliphatic heterocycles. The van der Waals surface area contributed by atoms with Gasteiger partial charge in [0.1, 0.15) is 0 Å². The summed E-state index contributed by atoms with van der Waals surface area (Å²) in [7, 11) is 0. The highest BCUT2D eigenvalue weighted by Crippen LogP contribution is 2.27. The van der Waals surface area contributed by atoms with E-state index in [0.717, 1.165) is 0 Å². The molecule has 1 aromatic carbocycles. The minimum Gasteiger partial charge on any atom is -0.0990 e. The second-order valence-electron chi connectivity index (χ2n) is 5.02. The van der Waals surface area contributed by atoms with Gasteiger partial charge in [0.05, 0.1) is 0 Å². The molecule has 0 bridgehead atoms. The van der Waals surface area contributed by atoms with Crippen LogP contribution in [0.4, 0.5) is 0 Å². The topological polar surface area (TPSA) is 0 Å². The monoisotopic (exact) mass is 270 g/mol. The fourth-order valence-electron chi connectivity index (χ4n) is 2.21. The highest BCUT2D eigenvalue weighted by Gasteiger charge is 2.09. The van der Waals surface area contributed by atoms with Gasteiger partial charge in [-0.25, -0.2) is 0 Å². The average molecular weight is 270 g/mol. The lowest BCUT2D eigenvalue weighted by atomic mass is 9.90. The van der Waals surface area contributed by atoms with Crippen LogP contribution in [0.2, 0.25) is 0 Å². The molecular formula is C20H30. The van der Waals surface area contributed by atoms with Gasteiger partial charge in [0.15, 0.2) is 0 Å². The van der Waals surface area contributed by atoms with Crippen LogP contribution in [-0.2, 0) is 0 Å². The molecule has 0 aliphatic carbocycles. The lowest BCUT2D eigenvalue weighted by Gasteiger charge is -2.15. The Morgan fingerprint density at radius 2 is 1.75 bits per heavy atom. The predicted octanol–water partition coefficient (Wildman–Crippen LogP) is 6.60. The predicted molar refractivity (Wildman–Crippen MR) is 94.3 cm³/mol. The summed E-state index contributed by atoms with van der Waals surface area (Å²) in [5, 5.41) is 0. The van der Waals surface area contributed by atoms with E-state index in [1.54, 1.807) is 0 Å². The summed E-state index contributed by atoms with van der Waals surface area (Å²) < 4.78 is 0. The zero-order chi connectivity index (χ0) is 15.7. The fourth-order valence-corrected chi connectivity index (χ4v) is 2.21. The first kappa shape index (κ1) is 18.4. The van der Waals surface area contributed by atoms with Crippen molar-refractivity contribution >= 4 is 5.57 Å². The van der Waals surface area contributed by atoms with Crippen LogP contribution in [0.15, 0.2) is 43.0 Å². The van der Waals surface area contributed by atoms with Crippen molar-refractivity contribution in [1.82, 2.24) is 0 Å². The Morgan fingerprint density at radius 3 is 2.20 bits per heavy atom. The molecule has 0 radical (unpaired) electrons. The van der Waals surface area contributed by atoms with Crippen molar-refractivity contribution < 1.29 is 0 Å². The highest BCUT2D eigenvalue weighted by atomic mass is 14.1. The van der Waals surface area contributed by atoms with E-state index in [1.807, 2.05) is 26.8 Å². The van der Waals surface area contributed by atoms with E-state index < -0.39 is 0 Å². The molecule has 0 saturated carbocycles. The van der Waals surface area contributed by atoms with Crippen molar-refractivity contribution in [1.29, 1.82) is 0 Å². The molecule has 0 fully saturated rings. The Morgan fingerprint density at radius 1 is 1.15 bits per heavy atom. The molecule has 0 atom stereocenters. The molecule has 1 rings (SSSR count). The van der Waals surface area contributed by atoms with E-state index in [2.05, 4.69) is 64.6 Å². The van der Waals surface area contributed by atoms with Crippen LogP contribution in [0, 0.1) is 13.8 Å². The molecule has 0 heterocycles. The second-order valence-corrected chi connectivity index (χ2v) is 5.02. The lowest BCUT2D eigenvalue weighted by molar-refractivity contribution is 0.853. The van der Waals surface area contributed by atoms with Gasteiger partial charge < -0.3 is 0 Å². The van der Waals surface area contributed by atoms with E-state index in [-0.39, 0.29) is 0 Å². The van der Waals surface area contributed by atoms with Crippen molar-refractivity contribution in [3.05, 3.63) is 65.3 Å². The zero-order valence-electron chi connectivity index (χ0n) is 14.2. The normalized spacial score (nSPS) is 11.5. The van der Waals surface area contributed by atoms with Gasteiger partial charge in [0.25, 0.3) is 0 Å². The van der Waals surface area contributed by atoms with Crippen LogP contribution in [0.1, 0.15) is 62.8 Å². The number of aryl methyl sites for hydroxylation is 1. The van der Waals surface area contributed by atoms with E-state index in [4.69, 9.17) is 0 Å². The number of allylic oxidation sites excluding steroid dienone is 5. The van der Waals surface area contributed by atoms with Crippen molar-refractivity contribution in [3.63, 3.8) is 0 Å². The molecule has 0 N–H and O–H groups in total. The smallest absolute Gasteiger partial charge is 0.0178 e. The van der Waals surface area contributed by atoms with Crippen LogP contribution >= 0.6 is 0 Å². The maximum atomic E-state index is 3.80. The molecule has 0 amide bonds. The second kappa shape index (κ2) is 9.36. The molecule has 0 nitrogen and oxygen atoms in total. The van der Waals surface area contributed by atoms with Crippen LogP contribution in [0.5, 0.6) is 0 Å². The van der Waals surface area contributed by atoms with Gasteiger partial charge in [0.2, 0.25) is 0 Å². The minimum atomic E-state index is 0.555. The Labute approximate surface area is 125 Å². The fraction of sp³-hybridized carbons (Fsp3) is 0.400. The molecule has 0 aliphatic rings. The Kier molecular flexibility index (Phi) is 8.63. The van der Waals surface area contributed by atoms with Gasteiger partial charge >= 0.3 is 0 Å². The first-order valence-electron chi connectivity index (χ1n) is 7.58. The average Bonchev–Trinajstić information content (AvgIpc) is 2.43. The Bertz CT molecular complexity index is 485. The van der Waals surface area contributed by atoms with E-state index >= 15 is 0 Å². The summed E-state index contributed by atoms with van der Waals surface area (Å²) in [5.74, 6) is 0.555. The molecule has 0 heteroatoms. The SMILES string of the molecule is C=C/C=C(\C=C/C)c1cc(C)c(C)c(C(C)C)c1.CC. The van der Waals surface area contributed by atoms with E-state index in [0.29, 0.717) is 5.92 Å². The van der Waals surface area contributed by atoms with Crippen molar-refractivity contribution in [2.75, 3.05) is 0 Å². The van der Waals surface area contributed by atoms with Gasteiger partial charge in [-0.3, -0.25) is 0 Å². The number of hydrogen-bond donors (Lipinski definition) is 0. The Balaban J connectivity index is 0.00000172. The zero-order valence-corrected chi connectivity index (χ0v) is 14.2. The van der Waals surface area contributed by atoms with Crippen LogP contribution in [0.3, 0.4) is 0 Å².